The van der Waals surface area contributed by atoms with Gasteiger partial charge in [0.25, 0.3) is 5.91 Å². The third kappa shape index (κ3) is 4.83. The zero-order valence-electron chi connectivity index (χ0n) is 19.2. The number of benzene rings is 1. The van der Waals surface area contributed by atoms with Gasteiger partial charge in [0.05, 0.1) is 11.9 Å². The molecule has 5 rings (SSSR count). The number of imidazole rings is 1. The number of carbonyl (C=O) groups is 2. The van der Waals surface area contributed by atoms with Crippen molar-refractivity contribution in [3.63, 3.8) is 0 Å². The molecule has 0 aliphatic heterocycles. The summed E-state index contributed by atoms with van der Waals surface area (Å²) >= 11 is 0. The lowest BCUT2D eigenvalue weighted by atomic mass is 10.1. The number of halogens is 3. The van der Waals surface area contributed by atoms with Crippen LogP contribution in [0.3, 0.4) is 0 Å². The minimum atomic E-state index is -4.79. The number of hydrogen-bond donors (Lipinski definition) is 3. The van der Waals surface area contributed by atoms with E-state index in [1.54, 1.807) is 24.5 Å². The summed E-state index contributed by atoms with van der Waals surface area (Å²) in [6.45, 7) is 0.151. The molecule has 8 nitrogen and oxygen atoms in total. The van der Waals surface area contributed by atoms with Crippen molar-refractivity contribution in [2.45, 2.75) is 18.8 Å². The topological polar surface area (TPSA) is 104 Å². The summed E-state index contributed by atoms with van der Waals surface area (Å²) in [5.41, 5.74) is 0.476. The van der Waals surface area contributed by atoms with E-state index in [1.807, 2.05) is 29.6 Å². The van der Waals surface area contributed by atoms with Crippen LogP contribution in [-0.2, 0) is 6.54 Å². The molecule has 3 N–H and O–H groups in total. The van der Waals surface area contributed by atoms with Crippen molar-refractivity contribution >= 4 is 28.1 Å². The number of nitrogens with zero attached hydrogens (tertiary/aromatic N) is 3. The number of alkyl halides is 3. The number of nitrogens with one attached hydrogen (secondary N) is 3. The monoisotopic (exact) mass is 505 g/mol. The van der Waals surface area contributed by atoms with Gasteiger partial charge in [-0.15, -0.1) is 0 Å². The van der Waals surface area contributed by atoms with Gasteiger partial charge in [0, 0.05) is 30.5 Å². The highest BCUT2D eigenvalue weighted by Crippen LogP contribution is 2.31. The van der Waals surface area contributed by atoms with Gasteiger partial charge in [-0.05, 0) is 35.2 Å². The normalized spacial score (nSPS) is 12.4. The summed E-state index contributed by atoms with van der Waals surface area (Å²) in [5, 5.41) is 6.63. The molecule has 11 heteroatoms. The molecule has 0 radical (unpaired) electrons. The van der Waals surface area contributed by atoms with Gasteiger partial charge in [0.1, 0.15) is 0 Å². The Kier molecular flexibility index (Phi) is 6.26. The number of aromatic nitrogens is 4. The summed E-state index contributed by atoms with van der Waals surface area (Å²) in [6, 6.07) is 14.1. The average Bonchev–Trinajstić information content (AvgIpc) is 3.30. The predicted octanol–water partition coefficient (Wildman–Crippen LogP) is 3.66. The Balaban J connectivity index is 1.43. The van der Waals surface area contributed by atoms with Crippen LogP contribution in [0.4, 0.5) is 13.2 Å². The van der Waals surface area contributed by atoms with Gasteiger partial charge in [-0.2, -0.15) is 17.6 Å². The molecule has 2 amide bonds. The summed E-state index contributed by atoms with van der Waals surface area (Å²) in [4.78, 5) is 36.8. The zero-order chi connectivity index (χ0) is 26.0. The highest BCUT2D eigenvalue weighted by Gasteiger charge is 2.44. The van der Waals surface area contributed by atoms with Crippen LogP contribution in [0.1, 0.15) is 38.4 Å². The number of fused-ring (bicyclic) bond motifs is 2. The largest absolute Gasteiger partial charge is 0.414 e. The first-order valence-corrected chi connectivity index (χ1v) is 11.2. The standard InChI is InChI=1S/C26H19F3N6O2/c27-26(28,29)22(19-9-3-5-11-31-19)34-24(36)21-20-10-4-6-12-35(20)23(33-21)25(37)32-15-17-14-30-13-16-7-1-2-8-18(16)17/h1-14,22H,15H2,(H2,32,34,36,37)/p+1. The Labute approximate surface area is 208 Å². The van der Waals surface area contributed by atoms with Gasteiger partial charge in [-0.25, -0.2) is 4.98 Å². The van der Waals surface area contributed by atoms with Crippen LogP contribution in [0.5, 0.6) is 0 Å². The molecule has 0 fully saturated rings. The molecular formula is C26H20F3N6O2+. The molecule has 0 spiro atoms. The number of pyridine rings is 3. The maximum Gasteiger partial charge on any atom is 0.414 e. The van der Waals surface area contributed by atoms with E-state index >= 15 is 0 Å². The second-order valence-electron chi connectivity index (χ2n) is 8.21. The van der Waals surface area contributed by atoms with Gasteiger partial charge in [-0.3, -0.25) is 19.6 Å². The number of carbonyl (C=O) groups excluding carboxylic acids is 2. The van der Waals surface area contributed by atoms with Crippen molar-refractivity contribution in [1.29, 1.82) is 0 Å². The fourth-order valence-corrected chi connectivity index (χ4v) is 4.08. The Morgan fingerprint density at radius 3 is 2.54 bits per heavy atom. The van der Waals surface area contributed by atoms with Crippen molar-refractivity contribution in [2.75, 3.05) is 0 Å². The molecule has 4 aromatic heterocycles. The third-order valence-corrected chi connectivity index (χ3v) is 5.82. The van der Waals surface area contributed by atoms with Crippen LogP contribution in [0.15, 0.2) is 85.5 Å². The molecule has 0 bridgehead atoms. The van der Waals surface area contributed by atoms with E-state index < -0.39 is 24.0 Å². The molecule has 0 saturated carbocycles. The van der Waals surface area contributed by atoms with Gasteiger partial charge in [-0.1, -0.05) is 36.4 Å². The van der Waals surface area contributed by atoms with E-state index in [2.05, 4.69) is 20.3 Å². The van der Waals surface area contributed by atoms with Crippen molar-refractivity contribution < 1.29 is 27.2 Å². The first-order chi connectivity index (χ1) is 17.8. The van der Waals surface area contributed by atoms with Crippen LogP contribution in [0.2, 0.25) is 0 Å². The highest BCUT2D eigenvalue weighted by molar-refractivity contribution is 6.00. The quantitative estimate of drug-likeness (QED) is 0.307. The first kappa shape index (κ1) is 23.9. The van der Waals surface area contributed by atoms with Crippen molar-refractivity contribution in [2.24, 2.45) is 0 Å². The Hall–Kier alpha value is -4.80. The van der Waals surface area contributed by atoms with Crippen molar-refractivity contribution in [1.82, 2.24) is 25.6 Å². The second-order valence-corrected chi connectivity index (χ2v) is 8.21. The summed E-state index contributed by atoms with van der Waals surface area (Å²) < 4.78 is 42.7. The summed E-state index contributed by atoms with van der Waals surface area (Å²) in [5.74, 6) is -1.60. The highest BCUT2D eigenvalue weighted by atomic mass is 19.4. The van der Waals surface area contributed by atoms with E-state index in [4.69, 9.17) is 0 Å². The zero-order valence-corrected chi connectivity index (χ0v) is 19.2. The number of aromatic amines is 1. The average molecular weight is 505 g/mol. The maximum atomic E-state index is 13.8. The SMILES string of the molecule is O=C(NC(c1ccccn1)C(F)(F)F)c1[nH]c(C(=O)NCc2cncc3ccccc23)[n+]2ccccc12. The predicted molar refractivity (Wildman–Crippen MR) is 127 cm³/mol. The van der Waals surface area contributed by atoms with Crippen LogP contribution in [0.25, 0.3) is 16.3 Å². The first-order valence-electron chi connectivity index (χ1n) is 11.2. The van der Waals surface area contributed by atoms with Gasteiger partial charge in [0.2, 0.25) is 5.69 Å². The third-order valence-electron chi connectivity index (χ3n) is 5.82. The van der Waals surface area contributed by atoms with E-state index in [1.165, 1.54) is 41.1 Å². The maximum absolute atomic E-state index is 13.8. The van der Waals surface area contributed by atoms with Gasteiger partial charge < -0.3 is 10.6 Å². The summed E-state index contributed by atoms with van der Waals surface area (Å²) in [7, 11) is 0. The van der Waals surface area contributed by atoms with Crippen molar-refractivity contribution in [3.8, 4) is 0 Å². The Morgan fingerprint density at radius 1 is 0.973 bits per heavy atom. The van der Waals surface area contributed by atoms with Crippen LogP contribution in [0, 0.1) is 0 Å². The van der Waals surface area contributed by atoms with E-state index in [9.17, 15) is 22.8 Å². The Bertz CT molecular complexity index is 1600. The Morgan fingerprint density at radius 2 is 1.76 bits per heavy atom. The molecule has 1 aromatic carbocycles. The number of hydrogen-bond acceptors (Lipinski definition) is 4. The molecule has 4 heterocycles. The van der Waals surface area contributed by atoms with Crippen LogP contribution >= 0.6 is 0 Å². The molecule has 0 saturated heterocycles. The fourth-order valence-electron chi connectivity index (χ4n) is 4.08. The number of rotatable bonds is 6. The lowest BCUT2D eigenvalue weighted by molar-refractivity contribution is -0.514. The van der Waals surface area contributed by atoms with Crippen molar-refractivity contribution in [3.05, 3.63) is 108 Å². The lowest BCUT2D eigenvalue weighted by Crippen LogP contribution is -2.39. The molecule has 1 atom stereocenters. The van der Waals surface area contributed by atoms with E-state index in [-0.39, 0.29) is 29.3 Å². The molecule has 186 valence electrons. The van der Waals surface area contributed by atoms with E-state index in [0.29, 0.717) is 0 Å². The number of amides is 2. The minimum Gasteiger partial charge on any atom is -0.341 e. The summed E-state index contributed by atoms with van der Waals surface area (Å²) in [6.07, 6.45) is 1.34. The molecule has 0 aliphatic carbocycles. The molecule has 1 unspecified atom stereocenters. The minimum absolute atomic E-state index is 0.0182. The number of H-pyrrole nitrogens is 1. The van der Waals surface area contributed by atoms with Gasteiger partial charge in [0.15, 0.2) is 11.6 Å². The van der Waals surface area contributed by atoms with Crippen LogP contribution in [-0.4, -0.2) is 32.9 Å². The fraction of sp³-hybridized carbons (Fsp3) is 0.115. The van der Waals surface area contributed by atoms with Gasteiger partial charge >= 0.3 is 17.9 Å². The molecule has 0 aliphatic rings. The second kappa shape index (κ2) is 9.69. The van der Waals surface area contributed by atoms with E-state index in [0.717, 1.165) is 16.3 Å². The smallest absolute Gasteiger partial charge is 0.341 e. The molecular weight excluding hydrogens is 485 g/mol. The molecule has 5 aromatic rings. The molecule has 37 heavy (non-hydrogen) atoms. The lowest BCUT2D eigenvalue weighted by Gasteiger charge is -2.20. The van der Waals surface area contributed by atoms with Crippen LogP contribution < -0.4 is 15.0 Å².